The molecule has 2 heterocycles. The lowest BCUT2D eigenvalue weighted by molar-refractivity contribution is -0.117. The van der Waals surface area contributed by atoms with Crippen molar-refractivity contribution in [1.29, 1.82) is 0 Å². The summed E-state index contributed by atoms with van der Waals surface area (Å²) >= 11 is 0. The Hall–Kier alpha value is -2.83. The van der Waals surface area contributed by atoms with Gasteiger partial charge in [-0.15, -0.1) is 0 Å². The number of rotatable bonds is 7. The summed E-state index contributed by atoms with van der Waals surface area (Å²) in [5.41, 5.74) is 1.52. The lowest BCUT2D eigenvalue weighted by Crippen LogP contribution is -2.38. The summed E-state index contributed by atoms with van der Waals surface area (Å²) < 4.78 is 6.86. The molecule has 1 aromatic heterocycles. The van der Waals surface area contributed by atoms with Gasteiger partial charge in [-0.2, -0.15) is 5.10 Å². The Bertz CT molecular complexity index is 847. The van der Waals surface area contributed by atoms with E-state index >= 15 is 0 Å². The summed E-state index contributed by atoms with van der Waals surface area (Å²) in [6, 6.07) is 9.05. The smallest absolute Gasteiger partial charge is 0.268 e. The first kappa shape index (κ1) is 19.9. The van der Waals surface area contributed by atoms with E-state index in [1.165, 1.54) is 4.68 Å². The van der Waals surface area contributed by atoms with Crippen LogP contribution in [0, 0.1) is 5.92 Å². The molecule has 1 saturated heterocycles. The molecule has 1 aromatic carbocycles. The van der Waals surface area contributed by atoms with Crippen molar-refractivity contribution >= 4 is 17.3 Å². The lowest BCUT2D eigenvalue weighted by Gasteiger charge is -2.33. The van der Waals surface area contributed by atoms with Crippen molar-refractivity contribution in [3.8, 4) is 5.75 Å². The van der Waals surface area contributed by atoms with Crippen molar-refractivity contribution in [2.45, 2.75) is 39.7 Å². The molecule has 0 aliphatic carbocycles. The maximum atomic E-state index is 12.4. The number of hydrogen-bond acceptors (Lipinski definition) is 5. The number of hydrogen-bond donors (Lipinski definition) is 1. The van der Waals surface area contributed by atoms with Crippen molar-refractivity contribution in [1.82, 2.24) is 9.78 Å². The van der Waals surface area contributed by atoms with E-state index in [1.54, 1.807) is 12.3 Å². The second kappa shape index (κ2) is 9.39. The molecule has 1 unspecified atom stereocenters. The topological polar surface area (TPSA) is 76.5 Å². The molecule has 0 saturated carbocycles. The van der Waals surface area contributed by atoms with Crippen molar-refractivity contribution in [3.63, 3.8) is 0 Å². The Kier molecular flexibility index (Phi) is 6.68. The third-order valence-electron chi connectivity index (χ3n) is 4.96. The molecule has 28 heavy (non-hydrogen) atoms. The normalized spacial score (nSPS) is 16.6. The van der Waals surface area contributed by atoms with Crippen LogP contribution in [0.2, 0.25) is 0 Å². The van der Waals surface area contributed by atoms with E-state index in [2.05, 4.69) is 15.3 Å². The minimum absolute atomic E-state index is 0.00975. The van der Waals surface area contributed by atoms with Crippen LogP contribution in [0.5, 0.6) is 5.75 Å². The molecule has 1 atom stereocenters. The quantitative estimate of drug-likeness (QED) is 0.794. The highest BCUT2D eigenvalue weighted by Crippen LogP contribution is 2.24. The van der Waals surface area contributed by atoms with E-state index in [9.17, 15) is 9.59 Å². The third-order valence-corrected chi connectivity index (χ3v) is 4.96. The molecule has 150 valence electrons. The van der Waals surface area contributed by atoms with Gasteiger partial charge in [-0.05, 0) is 56.9 Å². The summed E-state index contributed by atoms with van der Waals surface area (Å²) in [4.78, 5) is 26.6. The minimum Gasteiger partial charge on any atom is -0.494 e. The second-order valence-electron chi connectivity index (χ2n) is 7.03. The zero-order valence-electron chi connectivity index (χ0n) is 16.6. The Morgan fingerprint density at radius 1 is 1.29 bits per heavy atom. The highest BCUT2D eigenvalue weighted by Gasteiger charge is 2.23. The summed E-state index contributed by atoms with van der Waals surface area (Å²) in [7, 11) is 0. The van der Waals surface area contributed by atoms with Crippen LogP contribution in [0.4, 0.5) is 11.4 Å². The summed E-state index contributed by atoms with van der Waals surface area (Å²) in [5, 5.41) is 7.17. The van der Waals surface area contributed by atoms with Crippen molar-refractivity contribution in [2.24, 2.45) is 5.92 Å². The number of anilines is 2. The van der Waals surface area contributed by atoms with E-state index in [1.807, 2.05) is 38.1 Å². The molecule has 1 N–H and O–H groups in total. The average molecular weight is 384 g/mol. The van der Waals surface area contributed by atoms with Gasteiger partial charge in [0.1, 0.15) is 5.75 Å². The van der Waals surface area contributed by atoms with Crippen LogP contribution >= 0.6 is 0 Å². The molecule has 1 aliphatic heterocycles. The number of ether oxygens (including phenoxy) is 1. The first-order chi connectivity index (χ1) is 13.6. The molecule has 1 amide bonds. The molecule has 3 rings (SSSR count). The minimum atomic E-state index is -0.0876. The van der Waals surface area contributed by atoms with E-state index in [0.29, 0.717) is 19.6 Å². The van der Waals surface area contributed by atoms with Crippen molar-refractivity contribution in [2.75, 3.05) is 29.9 Å². The number of carbonyl (C=O) groups is 1. The standard InChI is InChI=1S/C21H28N4O3/c1-3-25-21(27)13-18(14-22-25)24-11-5-6-16(15-24)12-20(26)23-17-7-9-19(10-8-17)28-4-2/h7-10,13-14,16H,3-6,11-12,15H2,1-2H3,(H,23,26). The monoisotopic (exact) mass is 384 g/mol. The van der Waals surface area contributed by atoms with Crippen LogP contribution in [-0.4, -0.2) is 35.4 Å². The zero-order chi connectivity index (χ0) is 19.9. The number of benzene rings is 1. The Balaban J connectivity index is 1.56. The number of aryl methyl sites for hydroxylation is 1. The number of piperidine rings is 1. The van der Waals surface area contributed by atoms with Crippen LogP contribution in [0.1, 0.15) is 33.1 Å². The molecule has 2 aromatic rings. The Morgan fingerprint density at radius 3 is 2.75 bits per heavy atom. The molecule has 0 bridgehead atoms. The van der Waals surface area contributed by atoms with Gasteiger partial charge in [0.15, 0.2) is 0 Å². The van der Waals surface area contributed by atoms with Crippen LogP contribution < -0.4 is 20.5 Å². The van der Waals surface area contributed by atoms with Gasteiger partial charge in [0, 0.05) is 37.8 Å². The van der Waals surface area contributed by atoms with E-state index in [4.69, 9.17) is 4.74 Å². The van der Waals surface area contributed by atoms with Gasteiger partial charge in [-0.1, -0.05) is 0 Å². The maximum Gasteiger partial charge on any atom is 0.268 e. The van der Waals surface area contributed by atoms with Gasteiger partial charge < -0.3 is 15.0 Å². The van der Waals surface area contributed by atoms with Crippen LogP contribution in [0.3, 0.4) is 0 Å². The molecule has 0 radical (unpaired) electrons. The predicted octanol–water partition coefficient (Wildman–Crippen LogP) is 2.91. The predicted molar refractivity (Wildman–Crippen MR) is 110 cm³/mol. The summed E-state index contributed by atoms with van der Waals surface area (Å²) in [6.45, 7) is 6.66. The lowest BCUT2D eigenvalue weighted by atomic mass is 9.94. The fourth-order valence-electron chi connectivity index (χ4n) is 3.58. The molecule has 1 aliphatic rings. The maximum absolute atomic E-state index is 12.4. The van der Waals surface area contributed by atoms with Crippen molar-refractivity contribution < 1.29 is 9.53 Å². The molecular formula is C21H28N4O3. The number of nitrogens with zero attached hydrogens (tertiary/aromatic N) is 3. The SMILES string of the molecule is CCOc1ccc(NC(=O)CC2CCCN(c3cnn(CC)c(=O)c3)C2)cc1. The fraction of sp³-hybridized carbons (Fsp3) is 0.476. The van der Waals surface area contributed by atoms with Crippen LogP contribution in [-0.2, 0) is 11.3 Å². The Morgan fingerprint density at radius 2 is 2.07 bits per heavy atom. The largest absolute Gasteiger partial charge is 0.494 e. The average Bonchev–Trinajstić information content (AvgIpc) is 2.70. The summed E-state index contributed by atoms with van der Waals surface area (Å²) in [6.07, 6.45) is 4.21. The van der Waals surface area contributed by atoms with E-state index in [0.717, 1.165) is 43.1 Å². The Labute approximate surface area is 165 Å². The number of carbonyl (C=O) groups excluding carboxylic acids is 1. The zero-order valence-corrected chi connectivity index (χ0v) is 16.6. The first-order valence-electron chi connectivity index (χ1n) is 9.94. The molecule has 7 heteroatoms. The van der Waals surface area contributed by atoms with Crippen molar-refractivity contribution in [3.05, 3.63) is 46.9 Å². The first-order valence-corrected chi connectivity index (χ1v) is 9.94. The van der Waals surface area contributed by atoms with Gasteiger partial charge in [0.05, 0.1) is 18.5 Å². The number of aromatic nitrogens is 2. The van der Waals surface area contributed by atoms with E-state index in [-0.39, 0.29) is 17.4 Å². The third kappa shape index (κ3) is 5.12. The molecule has 1 fully saturated rings. The molecular weight excluding hydrogens is 356 g/mol. The fourth-order valence-corrected chi connectivity index (χ4v) is 3.58. The van der Waals surface area contributed by atoms with Gasteiger partial charge in [-0.25, -0.2) is 4.68 Å². The van der Waals surface area contributed by atoms with Gasteiger partial charge >= 0.3 is 0 Å². The van der Waals surface area contributed by atoms with Gasteiger partial charge in [-0.3, -0.25) is 9.59 Å². The number of nitrogens with one attached hydrogen (secondary N) is 1. The molecule has 0 spiro atoms. The summed E-state index contributed by atoms with van der Waals surface area (Å²) in [5.74, 6) is 1.06. The highest BCUT2D eigenvalue weighted by molar-refractivity contribution is 5.90. The number of amides is 1. The van der Waals surface area contributed by atoms with Gasteiger partial charge in [0.25, 0.3) is 5.56 Å². The van der Waals surface area contributed by atoms with Crippen LogP contribution in [0.25, 0.3) is 0 Å². The highest BCUT2D eigenvalue weighted by atomic mass is 16.5. The van der Waals surface area contributed by atoms with Crippen LogP contribution in [0.15, 0.2) is 41.3 Å². The second-order valence-corrected chi connectivity index (χ2v) is 7.03. The van der Waals surface area contributed by atoms with Gasteiger partial charge in [0.2, 0.25) is 5.91 Å². The van der Waals surface area contributed by atoms with E-state index < -0.39 is 0 Å². The molecule has 7 nitrogen and oxygen atoms in total.